The average molecular weight is 953 g/mol. The second-order valence-electron chi connectivity index (χ2n) is 23.6. The van der Waals surface area contributed by atoms with Crippen LogP contribution in [0.25, 0.3) is 0 Å². The van der Waals surface area contributed by atoms with Gasteiger partial charge in [0.15, 0.2) is 31.1 Å². The fourth-order valence-electron chi connectivity index (χ4n) is 15.5. The maximum atomic E-state index is 13.2. The Kier molecular flexibility index (Phi) is 12.3. The van der Waals surface area contributed by atoms with Crippen molar-refractivity contribution in [2.24, 2.45) is 50.2 Å². The summed E-state index contributed by atoms with van der Waals surface area (Å²) in [4.78, 5) is 37.9. The van der Waals surface area contributed by atoms with E-state index in [9.17, 15) is 60.3 Å². The number of hydrogen-bond donors (Lipinski definition) is 9. The van der Waals surface area contributed by atoms with E-state index in [1.807, 2.05) is 0 Å². The third-order valence-electron chi connectivity index (χ3n) is 19.8. The molecule has 0 spiro atoms. The largest absolute Gasteiger partial charge is 0.479 e. The van der Waals surface area contributed by atoms with Crippen LogP contribution in [0.3, 0.4) is 0 Å². The van der Waals surface area contributed by atoms with Crippen molar-refractivity contribution < 1.29 is 93.5 Å². The zero-order valence-electron chi connectivity index (χ0n) is 39.6. The molecule has 19 nitrogen and oxygen atoms in total. The first-order valence-corrected chi connectivity index (χ1v) is 24.2. The summed E-state index contributed by atoms with van der Waals surface area (Å²) in [6.45, 7) is 17.3. The van der Waals surface area contributed by atoms with Gasteiger partial charge in [0.25, 0.3) is 0 Å². The number of rotatable bonds is 8. The third-order valence-corrected chi connectivity index (χ3v) is 19.8. The molecule has 0 amide bonds. The van der Waals surface area contributed by atoms with Gasteiger partial charge in [-0.15, -0.1) is 0 Å². The number of carbonyl (C=O) groups is 3. The van der Waals surface area contributed by atoms with E-state index in [1.165, 1.54) is 12.5 Å². The van der Waals surface area contributed by atoms with Crippen LogP contribution in [0.2, 0.25) is 0 Å². The van der Waals surface area contributed by atoms with Gasteiger partial charge in [0.2, 0.25) is 0 Å². The van der Waals surface area contributed by atoms with Crippen LogP contribution in [0, 0.1) is 50.2 Å². The van der Waals surface area contributed by atoms with E-state index in [0.29, 0.717) is 12.3 Å². The first kappa shape index (κ1) is 49.6. The van der Waals surface area contributed by atoms with Crippen molar-refractivity contribution in [3.8, 4) is 0 Å². The second-order valence-corrected chi connectivity index (χ2v) is 23.6. The lowest BCUT2D eigenvalue weighted by Crippen LogP contribution is -2.68. The summed E-state index contributed by atoms with van der Waals surface area (Å²) in [7, 11) is 0. The Morgan fingerprint density at radius 3 is 1.81 bits per heavy atom. The van der Waals surface area contributed by atoms with Crippen molar-refractivity contribution in [3.63, 3.8) is 0 Å². The molecule has 0 aromatic carbocycles. The van der Waals surface area contributed by atoms with Gasteiger partial charge in [0, 0.05) is 11.8 Å². The van der Waals surface area contributed by atoms with Crippen LogP contribution in [0.1, 0.15) is 113 Å². The topological polar surface area (TPSA) is 298 Å². The number of fused-ring (bicyclic) bond motifs is 10. The van der Waals surface area contributed by atoms with Crippen molar-refractivity contribution in [1.29, 1.82) is 0 Å². The first-order chi connectivity index (χ1) is 31.1. The number of carboxylic acid groups (broad SMARTS) is 2. The van der Waals surface area contributed by atoms with Crippen molar-refractivity contribution in [1.82, 2.24) is 0 Å². The van der Waals surface area contributed by atoms with E-state index in [-0.39, 0.29) is 45.6 Å². The van der Waals surface area contributed by atoms with Crippen LogP contribution in [-0.2, 0) is 47.5 Å². The number of carboxylic acids is 2. The standard InChI is InChI=1S/C48H72O19/c1-19-26(49)27(50)32(55)39(61-19)66-36-31(54)29(52)34(38(58)59)65-41(36)67-35-30(53)28(51)33(37(56)57)64-40(35)62-24-12-13-46(6)22(43(24,2)3)11-14-48(8)23(46)10-9-20-21-17-44(4)18-25(63-42(44)60)45(21,5)15-16-47(20,48)7/h9,19,21-36,39-41,49-55H,10-18H2,1-8H3,(H,56,57)(H,58,59)/t19-,21?,22?,23?,24+,25-,26+,27-,28+,29+,30-,31-,32-,33+,34+,35-,36-,39+,40-,41+,44-,45-,46+,47?,48-/m1/s1. The van der Waals surface area contributed by atoms with Gasteiger partial charge in [0.1, 0.15) is 61.0 Å². The lowest BCUT2D eigenvalue weighted by Gasteiger charge is -2.71. The highest BCUT2D eigenvalue weighted by molar-refractivity contribution is 5.79. The monoisotopic (exact) mass is 952 g/mol. The number of allylic oxidation sites excluding steroid dienone is 2. The molecule has 4 unspecified atom stereocenters. The lowest BCUT2D eigenvalue weighted by atomic mass is 9.33. The van der Waals surface area contributed by atoms with Gasteiger partial charge in [0.05, 0.1) is 17.6 Å². The third kappa shape index (κ3) is 7.25. The summed E-state index contributed by atoms with van der Waals surface area (Å²) < 4.78 is 41.9. The van der Waals surface area contributed by atoms with Gasteiger partial charge < -0.3 is 79.1 Å². The van der Waals surface area contributed by atoms with Gasteiger partial charge in [-0.2, -0.15) is 0 Å². The van der Waals surface area contributed by atoms with Crippen molar-refractivity contribution in [2.75, 3.05) is 0 Å². The molecule has 19 heteroatoms. The van der Waals surface area contributed by atoms with Crippen LogP contribution in [0.5, 0.6) is 0 Å². The van der Waals surface area contributed by atoms with Crippen LogP contribution < -0.4 is 0 Å². The number of aliphatic carboxylic acids is 2. The summed E-state index contributed by atoms with van der Waals surface area (Å²) in [6.07, 6.45) is -18.9. The summed E-state index contributed by atoms with van der Waals surface area (Å²) in [5.41, 5.74) is -0.0229. The van der Waals surface area contributed by atoms with Crippen LogP contribution in [-0.4, -0.2) is 168 Å². The summed E-state index contributed by atoms with van der Waals surface area (Å²) in [5.74, 6) is -2.74. The molecule has 4 heterocycles. The molecule has 0 radical (unpaired) electrons. The van der Waals surface area contributed by atoms with E-state index >= 15 is 0 Å². The van der Waals surface area contributed by atoms with E-state index in [2.05, 4.69) is 54.5 Å². The fraction of sp³-hybridized carbons (Fsp3) is 0.896. The van der Waals surface area contributed by atoms with Gasteiger partial charge in [-0.05, 0) is 105 Å². The maximum absolute atomic E-state index is 13.2. The molecule has 9 rings (SSSR count). The van der Waals surface area contributed by atoms with Crippen molar-refractivity contribution in [2.45, 2.75) is 218 Å². The Bertz CT molecular complexity index is 2000. The zero-order valence-corrected chi connectivity index (χ0v) is 39.6. The number of ether oxygens (including phenoxy) is 7. The summed E-state index contributed by atoms with van der Waals surface area (Å²) in [5, 5.41) is 96.4. The molecule has 67 heavy (non-hydrogen) atoms. The molecule has 25 atom stereocenters. The van der Waals surface area contributed by atoms with Crippen molar-refractivity contribution >= 4 is 17.9 Å². The Balaban J connectivity index is 0.985. The van der Waals surface area contributed by atoms with Crippen LogP contribution in [0.15, 0.2) is 11.6 Å². The number of hydrogen-bond acceptors (Lipinski definition) is 17. The molecule has 9 N–H and O–H groups in total. The lowest BCUT2D eigenvalue weighted by molar-refractivity contribution is -0.392. The minimum atomic E-state index is -2.13. The average Bonchev–Trinajstić information content (AvgIpc) is 3.52. The number of aliphatic hydroxyl groups is 7. The number of aliphatic hydroxyl groups excluding tert-OH is 7. The smallest absolute Gasteiger partial charge is 0.335 e. The number of esters is 1. The van der Waals surface area contributed by atoms with Gasteiger partial charge in [-0.3, -0.25) is 4.79 Å². The molecule has 8 fully saturated rings. The van der Waals surface area contributed by atoms with E-state index < -0.39 is 121 Å². The van der Waals surface area contributed by atoms with Crippen molar-refractivity contribution in [3.05, 3.63) is 11.6 Å². The predicted molar refractivity (Wildman–Crippen MR) is 228 cm³/mol. The van der Waals surface area contributed by atoms with Gasteiger partial charge in [-0.25, -0.2) is 9.59 Å². The first-order valence-electron chi connectivity index (χ1n) is 24.2. The minimum absolute atomic E-state index is 0.0602. The molecule has 4 aliphatic heterocycles. The molecule has 4 saturated carbocycles. The molecular weight excluding hydrogens is 881 g/mol. The molecule has 0 aromatic heterocycles. The SMILES string of the molecule is C[C@H]1O[C@@H](O[C@H]2[C@H](O[C@H]3[C@H](O[C@H]4CC[C@@]5(C)C(CC[C@]6(C)C5CC=C5C7C[C@]8(C)C[C@@H](OC8=O)[C@]7(C)CCC56C)C4(C)C)O[C@H](C(=O)O)[C@@H](O)[C@H]3O)O[C@H](C(=O)O)[C@@H](O)[C@H]2O)[C@H](O)[C@H](O)[C@H]1O. The Morgan fingerprint density at radius 1 is 0.627 bits per heavy atom. The Labute approximate surface area is 390 Å². The highest BCUT2D eigenvalue weighted by Crippen LogP contribution is 2.76. The summed E-state index contributed by atoms with van der Waals surface area (Å²) >= 11 is 0. The highest BCUT2D eigenvalue weighted by Gasteiger charge is 2.71. The molecule has 378 valence electrons. The molecular formula is C48H72O19. The summed E-state index contributed by atoms with van der Waals surface area (Å²) in [6, 6.07) is 0. The van der Waals surface area contributed by atoms with E-state index in [4.69, 9.17) is 33.2 Å². The maximum Gasteiger partial charge on any atom is 0.335 e. The molecule has 4 saturated heterocycles. The van der Waals surface area contributed by atoms with Gasteiger partial charge in [-0.1, -0.05) is 53.2 Å². The zero-order chi connectivity index (χ0) is 48.9. The fourth-order valence-corrected chi connectivity index (χ4v) is 15.5. The molecule has 2 bridgehead atoms. The predicted octanol–water partition coefficient (Wildman–Crippen LogP) is 1.37. The normalized spacial score (nSPS) is 55.7. The second kappa shape index (κ2) is 16.6. The quantitative estimate of drug-likeness (QED) is 0.0943. The van der Waals surface area contributed by atoms with Gasteiger partial charge >= 0.3 is 17.9 Å². The van der Waals surface area contributed by atoms with E-state index in [1.54, 1.807) is 0 Å². The van der Waals surface area contributed by atoms with Crippen LogP contribution in [0.4, 0.5) is 0 Å². The van der Waals surface area contributed by atoms with E-state index in [0.717, 1.165) is 51.4 Å². The number of carbonyl (C=O) groups excluding carboxylic acids is 1. The highest BCUT2D eigenvalue weighted by atomic mass is 16.8. The Hall–Kier alpha value is -2.37. The molecule has 9 aliphatic rings. The van der Waals surface area contributed by atoms with Crippen LogP contribution >= 0.6 is 0 Å². The molecule has 5 aliphatic carbocycles. The Morgan fingerprint density at radius 2 is 1.21 bits per heavy atom. The minimum Gasteiger partial charge on any atom is -0.479 e. The molecule has 0 aromatic rings.